The fraction of sp³-hybridized carbons (Fsp3) is 0.167. The molecule has 0 aliphatic rings. The number of fused-ring (bicyclic) bond motifs is 1. The maximum atomic E-state index is 4.43. The summed E-state index contributed by atoms with van der Waals surface area (Å²) in [6, 6.07) is 4.25. The van der Waals surface area contributed by atoms with E-state index in [1.807, 2.05) is 17.8 Å². The van der Waals surface area contributed by atoms with Gasteiger partial charge in [-0.05, 0) is 31.5 Å². The first kappa shape index (κ1) is 9.54. The van der Waals surface area contributed by atoms with Crippen molar-refractivity contribution in [1.29, 1.82) is 0 Å². The van der Waals surface area contributed by atoms with Crippen LogP contribution in [0.1, 0.15) is 11.3 Å². The molecule has 0 saturated carbocycles. The molecule has 16 heavy (non-hydrogen) atoms. The monoisotopic (exact) mass is 229 g/mol. The van der Waals surface area contributed by atoms with E-state index in [-0.39, 0.29) is 0 Å². The van der Waals surface area contributed by atoms with Gasteiger partial charge in [0.2, 0.25) is 0 Å². The highest BCUT2D eigenvalue weighted by Crippen LogP contribution is 2.24. The highest BCUT2D eigenvalue weighted by Gasteiger charge is 2.09. The molecule has 4 heteroatoms. The van der Waals surface area contributed by atoms with Gasteiger partial charge in [0, 0.05) is 17.3 Å². The number of imidazole rings is 1. The number of pyridine rings is 1. The molecule has 3 heterocycles. The molecular weight excluding hydrogens is 218 g/mol. The molecule has 3 aromatic heterocycles. The van der Waals surface area contributed by atoms with Gasteiger partial charge in [0.25, 0.3) is 0 Å². The number of aromatic nitrogens is 3. The topological polar surface area (TPSA) is 30.2 Å². The van der Waals surface area contributed by atoms with Gasteiger partial charge in [0.1, 0.15) is 16.3 Å². The summed E-state index contributed by atoms with van der Waals surface area (Å²) in [5, 5.41) is 3.00. The van der Waals surface area contributed by atoms with Crippen LogP contribution in [0.3, 0.4) is 0 Å². The van der Waals surface area contributed by atoms with Crippen LogP contribution in [0.15, 0.2) is 29.9 Å². The molecule has 3 aromatic rings. The Kier molecular flexibility index (Phi) is 2.04. The van der Waals surface area contributed by atoms with Gasteiger partial charge in [-0.15, -0.1) is 11.3 Å². The lowest BCUT2D eigenvalue weighted by Crippen LogP contribution is -1.94. The number of rotatable bonds is 1. The Hall–Kier alpha value is -1.68. The molecule has 0 aliphatic carbocycles. The number of hydrogen-bond acceptors (Lipinski definition) is 3. The lowest BCUT2D eigenvalue weighted by Gasteiger charge is -2.04. The van der Waals surface area contributed by atoms with Crippen molar-refractivity contribution in [3.63, 3.8) is 0 Å². The van der Waals surface area contributed by atoms with Crippen molar-refractivity contribution < 1.29 is 0 Å². The Morgan fingerprint density at radius 2 is 2.06 bits per heavy atom. The Morgan fingerprint density at radius 1 is 1.19 bits per heavy atom. The first-order valence-corrected chi connectivity index (χ1v) is 5.98. The summed E-state index contributed by atoms with van der Waals surface area (Å²) < 4.78 is 2.14. The minimum absolute atomic E-state index is 0.989. The third-order valence-electron chi connectivity index (χ3n) is 2.59. The van der Waals surface area contributed by atoms with Crippen LogP contribution >= 0.6 is 11.3 Å². The minimum atomic E-state index is 0.989. The second kappa shape index (κ2) is 3.42. The van der Waals surface area contributed by atoms with E-state index in [1.54, 1.807) is 11.3 Å². The quantitative estimate of drug-likeness (QED) is 0.642. The molecule has 0 bridgehead atoms. The van der Waals surface area contributed by atoms with Gasteiger partial charge >= 0.3 is 0 Å². The van der Waals surface area contributed by atoms with Crippen molar-refractivity contribution in [2.45, 2.75) is 13.8 Å². The van der Waals surface area contributed by atoms with Crippen molar-refractivity contribution in [3.05, 3.63) is 41.2 Å². The highest BCUT2D eigenvalue weighted by atomic mass is 32.1. The molecule has 0 saturated heterocycles. The summed E-state index contributed by atoms with van der Waals surface area (Å²) in [6.45, 7) is 4.18. The Bertz CT molecular complexity index is 638. The Morgan fingerprint density at radius 3 is 2.81 bits per heavy atom. The van der Waals surface area contributed by atoms with E-state index >= 15 is 0 Å². The molecule has 80 valence electrons. The van der Waals surface area contributed by atoms with E-state index in [1.165, 1.54) is 11.3 Å². The summed E-state index contributed by atoms with van der Waals surface area (Å²) in [4.78, 5) is 8.76. The second-order valence-corrected chi connectivity index (χ2v) is 4.74. The second-order valence-electron chi connectivity index (χ2n) is 3.85. The lowest BCUT2D eigenvalue weighted by atomic mass is 10.2. The van der Waals surface area contributed by atoms with Crippen molar-refractivity contribution in [3.8, 4) is 10.7 Å². The maximum Gasteiger partial charge on any atom is 0.141 e. The molecule has 0 amide bonds. The van der Waals surface area contributed by atoms with Gasteiger partial charge in [-0.2, -0.15) is 0 Å². The van der Waals surface area contributed by atoms with Gasteiger partial charge in [-0.3, -0.25) is 4.40 Å². The molecule has 3 rings (SSSR count). The van der Waals surface area contributed by atoms with Gasteiger partial charge in [-0.25, -0.2) is 9.97 Å². The summed E-state index contributed by atoms with van der Waals surface area (Å²) >= 11 is 1.64. The van der Waals surface area contributed by atoms with Crippen molar-refractivity contribution in [1.82, 2.24) is 14.4 Å². The molecule has 0 spiro atoms. The van der Waals surface area contributed by atoms with Crippen molar-refractivity contribution >= 4 is 17.0 Å². The average Bonchev–Trinajstić information content (AvgIpc) is 2.82. The molecular formula is C12H11N3S. The molecule has 0 aliphatic heterocycles. The Labute approximate surface area is 97.4 Å². The molecule has 0 aromatic carbocycles. The van der Waals surface area contributed by atoms with Crippen molar-refractivity contribution in [2.24, 2.45) is 0 Å². The standard InChI is InChI=1S/C12H11N3S/c1-8-5-9(2)15-10(7-14-11(15)6-8)12-13-3-4-16-12/h3-7H,1-2H3. The number of hydrogen-bond donors (Lipinski definition) is 0. The Balaban J connectivity index is 2.36. The smallest absolute Gasteiger partial charge is 0.141 e. The molecule has 0 atom stereocenters. The molecule has 3 nitrogen and oxygen atoms in total. The van der Waals surface area contributed by atoms with Crippen LogP contribution in [0, 0.1) is 13.8 Å². The van der Waals surface area contributed by atoms with Crippen LogP contribution in [0.5, 0.6) is 0 Å². The molecule has 0 N–H and O–H groups in total. The van der Waals surface area contributed by atoms with Crippen LogP contribution in [-0.4, -0.2) is 14.4 Å². The SMILES string of the molecule is Cc1cc(C)n2c(-c3nccs3)cnc2c1. The van der Waals surface area contributed by atoms with Gasteiger partial charge in [0.15, 0.2) is 0 Å². The fourth-order valence-electron chi connectivity index (χ4n) is 1.98. The number of thiazole rings is 1. The molecule has 0 fully saturated rings. The van der Waals surface area contributed by atoms with E-state index in [0.717, 1.165) is 16.3 Å². The number of nitrogens with zero attached hydrogens (tertiary/aromatic N) is 3. The summed E-state index contributed by atoms with van der Waals surface area (Å²) in [6.07, 6.45) is 3.71. The van der Waals surface area contributed by atoms with E-state index in [4.69, 9.17) is 0 Å². The zero-order valence-corrected chi connectivity index (χ0v) is 9.95. The van der Waals surface area contributed by atoms with Crippen LogP contribution < -0.4 is 0 Å². The zero-order valence-electron chi connectivity index (χ0n) is 9.14. The predicted octanol–water partition coefficient (Wildman–Crippen LogP) is 3.07. The highest BCUT2D eigenvalue weighted by molar-refractivity contribution is 7.13. The average molecular weight is 229 g/mol. The van der Waals surface area contributed by atoms with Gasteiger partial charge < -0.3 is 0 Å². The summed E-state index contributed by atoms with van der Waals surface area (Å²) in [7, 11) is 0. The molecule has 0 radical (unpaired) electrons. The van der Waals surface area contributed by atoms with Gasteiger partial charge in [-0.1, -0.05) is 0 Å². The van der Waals surface area contributed by atoms with E-state index in [0.29, 0.717) is 0 Å². The third-order valence-corrected chi connectivity index (χ3v) is 3.38. The first-order valence-electron chi connectivity index (χ1n) is 5.10. The van der Waals surface area contributed by atoms with Crippen molar-refractivity contribution in [2.75, 3.05) is 0 Å². The summed E-state index contributed by atoms with van der Waals surface area (Å²) in [5.74, 6) is 0. The molecule has 0 unspecified atom stereocenters. The summed E-state index contributed by atoms with van der Waals surface area (Å²) in [5.41, 5.74) is 4.49. The van der Waals surface area contributed by atoms with E-state index in [9.17, 15) is 0 Å². The predicted molar refractivity (Wildman–Crippen MR) is 65.8 cm³/mol. The van der Waals surface area contributed by atoms with Crippen LogP contribution in [0.25, 0.3) is 16.3 Å². The van der Waals surface area contributed by atoms with E-state index < -0.39 is 0 Å². The minimum Gasteiger partial charge on any atom is -0.295 e. The van der Waals surface area contributed by atoms with Crippen LogP contribution in [0.2, 0.25) is 0 Å². The third kappa shape index (κ3) is 1.34. The lowest BCUT2D eigenvalue weighted by molar-refractivity contribution is 1.08. The number of aryl methyl sites for hydroxylation is 2. The van der Waals surface area contributed by atoms with Crippen LogP contribution in [0.4, 0.5) is 0 Å². The largest absolute Gasteiger partial charge is 0.295 e. The first-order chi connectivity index (χ1) is 7.75. The maximum absolute atomic E-state index is 4.43. The fourth-order valence-corrected chi connectivity index (χ4v) is 2.62. The van der Waals surface area contributed by atoms with Gasteiger partial charge in [0.05, 0.1) is 6.20 Å². The zero-order chi connectivity index (χ0) is 11.1. The normalized spacial score (nSPS) is 11.1. The van der Waals surface area contributed by atoms with Crippen LogP contribution in [-0.2, 0) is 0 Å². The van der Waals surface area contributed by atoms with E-state index in [2.05, 4.69) is 40.3 Å².